The third kappa shape index (κ3) is 7.88. The summed E-state index contributed by atoms with van der Waals surface area (Å²) in [6, 6.07) is 6.89. The number of nitrogens with one attached hydrogen (secondary N) is 3. The maximum absolute atomic E-state index is 13.7. The SMILES string of the molecule is CC[C@]1(C)NC(=O)[C@@H](CCCCCC(=O)[C@H](C)O)NC(=O)[C@@H]2CCCN2C(=O)[C@H](Cc2ccccc2)NC1=O. The molecule has 0 aromatic heterocycles. The van der Waals surface area contributed by atoms with Gasteiger partial charge >= 0.3 is 0 Å². The van der Waals surface area contributed by atoms with Crippen molar-refractivity contribution in [1.82, 2.24) is 20.9 Å². The van der Waals surface area contributed by atoms with Gasteiger partial charge < -0.3 is 26.0 Å². The lowest BCUT2D eigenvalue weighted by atomic mass is 9.94. The molecule has 0 spiro atoms. The predicted molar refractivity (Wildman–Crippen MR) is 145 cm³/mol. The fourth-order valence-electron chi connectivity index (χ4n) is 5.11. The minimum absolute atomic E-state index is 0.228. The van der Waals surface area contributed by atoms with Gasteiger partial charge in [-0.15, -0.1) is 0 Å². The van der Waals surface area contributed by atoms with Crippen LogP contribution in [0.25, 0.3) is 0 Å². The van der Waals surface area contributed by atoms with Gasteiger partial charge in [-0.05, 0) is 51.5 Å². The average molecular weight is 543 g/mol. The summed E-state index contributed by atoms with van der Waals surface area (Å²) in [6.07, 6.45) is 3.01. The summed E-state index contributed by atoms with van der Waals surface area (Å²) in [5.74, 6) is -1.83. The topological polar surface area (TPSA) is 145 Å². The molecule has 0 unspecified atom stereocenters. The van der Waals surface area contributed by atoms with E-state index in [0.29, 0.717) is 45.1 Å². The Morgan fingerprint density at radius 3 is 2.44 bits per heavy atom. The van der Waals surface area contributed by atoms with Crippen molar-refractivity contribution in [2.24, 2.45) is 0 Å². The molecule has 5 atom stereocenters. The molecule has 2 aliphatic heterocycles. The molecule has 4 N–H and O–H groups in total. The second-order valence-electron chi connectivity index (χ2n) is 10.9. The molecule has 10 nitrogen and oxygen atoms in total. The Kier molecular flexibility index (Phi) is 10.6. The number of amides is 4. The summed E-state index contributed by atoms with van der Waals surface area (Å²) in [4.78, 5) is 67.2. The lowest BCUT2D eigenvalue weighted by Gasteiger charge is -2.36. The van der Waals surface area contributed by atoms with Gasteiger partial charge in [0.25, 0.3) is 0 Å². The number of rotatable bonds is 10. The van der Waals surface area contributed by atoms with E-state index in [0.717, 1.165) is 5.56 Å². The van der Waals surface area contributed by atoms with Gasteiger partial charge in [-0.2, -0.15) is 0 Å². The summed E-state index contributed by atoms with van der Waals surface area (Å²) in [6.45, 7) is 5.24. The Hall–Kier alpha value is -3.27. The molecule has 0 saturated carbocycles. The smallest absolute Gasteiger partial charge is 0.246 e. The first-order valence-corrected chi connectivity index (χ1v) is 14.0. The summed E-state index contributed by atoms with van der Waals surface area (Å²) in [7, 11) is 0. The van der Waals surface area contributed by atoms with Crippen LogP contribution in [0, 0.1) is 0 Å². The summed E-state index contributed by atoms with van der Waals surface area (Å²) < 4.78 is 0. The maximum Gasteiger partial charge on any atom is 0.246 e. The Balaban J connectivity index is 1.81. The molecule has 1 aromatic rings. The number of benzene rings is 1. The number of aliphatic hydroxyl groups is 1. The molecular weight excluding hydrogens is 500 g/mol. The first-order chi connectivity index (χ1) is 18.6. The Labute approximate surface area is 230 Å². The number of carbonyl (C=O) groups is 5. The zero-order valence-electron chi connectivity index (χ0n) is 23.2. The number of carbonyl (C=O) groups excluding carboxylic acids is 5. The third-order valence-electron chi connectivity index (χ3n) is 7.85. The van der Waals surface area contributed by atoms with E-state index in [-0.39, 0.29) is 36.9 Å². The first kappa shape index (κ1) is 30.3. The number of hydrogen-bond donors (Lipinski definition) is 4. The summed E-state index contributed by atoms with van der Waals surface area (Å²) >= 11 is 0. The zero-order chi connectivity index (χ0) is 28.6. The van der Waals surface area contributed by atoms with Gasteiger partial charge in [-0.3, -0.25) is 24.0 Å². The predicted octanol–water partition coefficient (Wildman–Crippen LogP) is 1.39. The second-order valence-corrected chi connectivity index (χ2v) is 10.9. The van der Waals surface area contributed by atoms with Crippen molar-refractivity contribution in [3.8, 4) is 0 Å². The van der Waals surface area contributed by atoms with E-state index in [1.165, 1.54) is 11.8 Å². The van der Waals surface area contributed by atoms with Gasteiger partial charge in [-0.25, -0.2) is 0 Å². The number of hydrogen-bond acceptors (Lipinski definition) is 6. The van der Waals surface area contributed by atoms with Crippen molar-refractivity contribution in [2.45, 2.75) is 108 Å². The highest BCUT2D eigenvalue weighted by atomic mass is 16.3. The molecule has 3 rings (SSSR count). The summed E-state index contributed by atoms with van der Waals surface area (Å²) in [5, 5.41) is 17.9. The molecule has 39 heavy (non-hydrogen) atoms. The monoisotopic (exact) mass is 542 g/mol. The van der Waals surface area contributed by atoms with Crippen molar-refractivity contribution in [3.63, 3.8) is 0 Å². The van der Waals surface area contributed by atoms with Crippen molar-refractivity contribution in [3.05, 3.63) is 35.9 Å². The Morgan fingerprint density at radius 1 is 1.05 bits per heavy atom. The largest absolute Gasteiger partial charge is 0.386 e. The fourth-order valence-corrected chi connectivity index (χ4v) is 5.11. The molecule has 2 heterocycles. The minimum atomic E-state index is -1.29. The number of fused-ring (bicyclic) bond motifs is 1. The molecule has 2 aliphatic rings. The van der Waals surface area contributed by atoms with Crippen molar-refractivity contribution in [2.75, 3.05) is 6.54 Å². The molecule has 1 aromatic carbocycles. The molecular formula is C29H42N4O6. The number of Topliss-reactive ketones (excluding diaryl/α,β-unsaturated/α-hetero) is 1. The van der Waals surface area contributed by atoms with Gasteiger partial charge in [0.05, 0.1) is 0 Å². The van der Waals surface area contributed by atoms with Crippen LogP contribution in [-0.4, -0.2) is 75.7 Å². The van der Waals surface area contributed by atoms with Crippen molar-refractivity contribution < 1.29 is 29.1 Å². The molecule has 214 valence electrons. The molecule has 4 amide bonds. The van der Waals surface area contributed by atoms with E-state index in [4.69, 9.17) is 0 Å². The van der Waals surface area contributed by atoms with Crippen LogP contribution < -0.4 is 16.0 Å². The Morgan fingerprint density at radius 2 is 1.77 bits per heavy atom. The zero-order valence-corrected chi connectivity index (χ0v) is 23.2. The van der Waals surface area contributed by atoms with Crippen LogP contribution in [0.3, 0.4) is 0 Å². The van der Waals surface area contributed by atoms with Crippen molar-refractivity contribution in [1.29, 1.82) is 0 Å². The minimum Gasteiger partial charge on any atom is -0.386 e. The highest BCUT2D eigenvalue weighted by Crippen LogP contribution is 2.22. The van der Waals surface area contributed by atoms with E-state index in [1.54, 1.807) is 13.8 Å². The fraction of sp³-hybridized carbons (Fsp3) is 0.621. The van der Waals surface area contributed by atoms with Gasteiger partial charge in [-0.1, -0.05) is 50.1 Å². The van der Waals surface area contributed by atoms with E-state index in [1.807, 2.05) is 30.3 Å². The number of ketones is 1. The van der Waals surface area contributed by atoms with Gasteiger partial charge in [0.1, 0.15) is 29.8 Å². The van der Waals surface area contributed by atoms with Crippen LogP contribution in [0.5, 0.6) is 0 Å². The van der Waals surface area contributed by atoms with E-state index in [9.17, 15) is 29.1 Å². The van der Waals surface area contributed by atoms with E-state index < -0.39 is 41.6 Å². The standard InChI is InChI=1S/C29H42N4O6/c1-4-29(3)28(39)31-22(18-20-12-7-5-8-13-20)27(38)33-17-11-15-23(33)26(37)30-21(25(36)32-29)14-9-6-10-16-24(35)19(2)34/h5,7-8,12-13,19,21-23,34H,4,6,9-11,14-18H2,1-3H3,(H,30,37)(H,31,39)(H,32,36)/t19-,21+,22-,23-,29-/m0/s1. The molecule has 0 bridgehead atoms. The van der Waals surface area contributed by atoms with Gasteiger partial charge in [0.2, 0.25) is 23.6 Å². The highest BCUT2D eigenvalue weighted by molar-refractivity contribution is 5.99. The molecule has 0 radical (unpaired) electrons. The van der Waals surface area contributed by atoms with Crippen LogP contribution >= 0.6 is 0 Å². The third-order valence-corrected chi connectivity index (χ3v) is 7.85. The number of unbranched alkanes of at least 4 members (excludes halogenated alkanes) is 2. The molecule has 2 fully saturated rings. The molecule has 0 aliphatic carbocycles. The van der Waals surface area contributed by atoms with Gasteiger partial charge in [0, 0.05) is 19.4 Å². The molecule has 10 heteroatoms. The maximum atomic E-state index is 13.7. The van der Waals surface area contributed by atoms with Gasteiger partial charge in [0.15, 0.2) is 5.78 Å². The lowest BCUT2D eigenvalue weighted by molar-refractivity contribution is -0.144. The van der Waals surface area contributed by atoms with Crippen LogP contribution in [0.1, 0.15) is 77.7 Å². The molecule has 2 saturated heterocycles. The average Bonchev–Trinajstić information content (AvgIpc) is 3.41. The van der Waals surface area contributed by atoms with Crippen LogP contribution in [0.2, 0.25) is 0 Å². The number of aliphatic hydroxyl groups excluding tert-OH is 1. The summed E-state index contributed by atoms with van der Waals surface area (Å²) in [5.41, 5.74) is -0.413. The lowest BCUT2D eigenvalue weighted by Crippen LogP contribution is -2.65. The van der Waals surface area contributed by atoms with Crippen LogP contribution in [0.15, 0.2) is 30.3 Å². The second kappa shape index (κ2) is 13.7. The Bertz CT molecular complexity index is 1050. The quantitative estimate of drug-likeness (QED) is 0.329. The van der Waals surface area contributed by atoms with Crippen LogP contribution in [0.4, 0.5) is 0 Å². The first-order valence-electron chi connectivity index (χ1n) is 14.0. The van der Waals surface area contributed by atoms with E-state index >= 15 is 0 Å². The van der Waals surface area contributed by atoms with E-state index in [2.05, 4.69) is 16.0 Å². The van der Waals surface area contributed by atoms with Crippen molar-refractivity contribution >= 4 is 29.4 Å². The number of nitrogens with zero attached hydrogens (tertiary/aromatic N) is 1. The normalized spacial score (nSPS) is 27.0. The van der Waals surface area contributed by atoms with Crippen LogP contribution in [-0.2, 0) is 30.4 Å². The highest BCUT2D eigenvalue weighted by Gasteiger charge is 2.43.